The molecule has 5 rings (SSSR count). The number of hydrogen-bond acceptors (Lipinski definition) is 7. The minimum absolute atomic E-state index is 0.0804. The number of rotatable bonds is 6. The molecule has 1 saturated heterocycles. The molecule has 0 saturated carbocycles. The molecule has 0 bridgehead atoms. The number of fused-ring (bicyclic) bond motifs is 1. The number of carbonyl (C=O) groups is 1. The van der Waals surface area contributed by atoms with Gasteiger partial charge in [-0.15, -0.1) is 0 Å². The molecule has 0 unspecified atom stereocenters. The first-order chi connectivity index (χ1) is 19.1. The summed E-state index contributed by atoms with van der Waals surface area (Å²) in [4.78, 5) is 20.8. The molecule has 2 aromatic heterocycles. The van der Waals surface area contributed by atoms with Crippen molar-refractivity contribution in [2.75, 3.05) is 29.7 Å². The van der Waals surface area contributed by atoms with Gasteiger partial charge in [-0.2, -0.15) is 4.36 Å². The largest absolute Gasteiger partial charge is 0.496 e. The van der Waals surface area contributed by atoms with Gasteiger partial charge in [0.1, 0.15) is 35.0 Å². The van der Waals surface area contributed by atoms with Crippen LogP contribution < -0.4 is 15.8 Å². The number of amides is 1. The van der Waals surface area contributed by atoms with Crippen molar-refractivity contribution in [2.24, 2.45) is 11.4 Å². The fourth-order valence-electron chi connectivity index (χ4n) is 5.02. The first-order valence-corrected chi connectivity index (χ1v) is 14.7. The molecule has 1 aliphatic rings. The standard InChI is InChI=1S/C29H31FN6O3S/c1-17(2)29(37)34-19-9-10-20(23(15-19)39-4)26-24(25-27(31)32-16-33-28(25)36(26)3)18-8-11-22(21(30)14-18)35-40(38)12-6-5-7-13-40/h8-11,14-16H,1,5-7,12-13H2,2-4H3,(H,34,37)(H2,31,32,33). The minimum atomic E-state index is -2.47. The van der Waals surface area contributed by atoms with Crippen molar-refractivity contribution in [3.8, 4) is 28.1 Å². The van der Waals surface area contributed by atoms with Crippen LogP contribution in [0.5, 0.6) is 5.75 Å². The third kappa shape index (κ3) is 5.04. The van der Waals surface area contributed by atoms with E-state index < -0.39 is 15.5 Å². The molecule has 0 atom stereocenters. The molecule has 4 aromatic rings. The van der Waals surface area contributed by atoms with Crippen molar-refractivity contribution in [1.29, 1.82) is 0 Å². The van der Waals surface area contributed by atoms with Crippen LogP contribution >= 0.6 is 0 Å². The van der Waals surface area contributed by atoms with E-state index in [0.717, 1.165) is 19.3 Å². The van der Waals surface area contributed by atoms with E-state index in [4.69, 9.17) is 10.5 Å². The molecule has 1 aliphatic heterocycles. The van der Waals surface area contributed by atoms with Crippen LogP contribution in [0.15, 0.2) is 59.2 Å². The van der Waals surface area contributed by atoms with Gasteiger partial charge in [0, 0.05) is 47.0 Å². The van der Waals surface area contributed by atoms with Crippen LogP contribution in [-0.2, 0) is 21.6 Å². The second-order valence-electron chi connectivity index (χ2n) is 9.89. The molecule has 40 heavy (non-hydrogen) atoms. The molecule has 3 heterocycles. The number of benzene rings is 2. The van der Waals surface area contributed by atoms with Gasteiger partial charge in [0.2, 0.25) is 0 Å². The smallest absolute Gasteiger partial charge is 0.250 e. The van der Waals surface area contributed by atoms with Gasteiger partial charge in [0.05, 0.1) is 27.9 Å². The average molecular weight is 563 g/mol. The van der Waals surface area contributed by atoms with Gasteiger partial charge in [-0.3, -0.25) is 4.79 Å². The summed E-state index contributed by atoms with van der Waals surface area (Å²) in [5.41, 5.74) is 10.4. The van der Waals surface area contributed by atoms with Gasteiger partial charge in [-0.25, -0.2) is 18.6 Å². The van der Waals surface area contributed by atoms with Crippen LogP contribution in [-0.4, -0.2) is 43.3 Å². The van der Waals surface area contributed by atoms with E-state index in [1.807, 2.05) is 17.7 Å². The van der Waals surface area contributed by atoms with Gasteiger partial charge in [-0.1, -0.05) is 19.1 Å². The third-order valence-corrected chi connectivity index (χ3v) is 9.41. The predicted molar refractivity (Wildman–Crippen MR) is 158 cm³/mol. The van der Waals surface area contributed by atoms with Crippen molar-refractivity contribution in [3.05, 3.63) is 60.7 Å². The van der Waals surface area contributed by atoms with Gasteiger partial charge in [-0.05, 0) is 49.6 Å². The molecule has 0 radical (unpaired) electrons. The number of nitrogens with two attached hydrogens (primary N) is 1. The number of nitrogens with zero attached hydrogens (tertiary/aromatic N) is 4. The van der Waals surface area contributed by atoms with Gasteiger partial charge in [0.15, 0.2) is 0 Å². The fourth-order valence-corrected chi connectivity index (χ4v) is 7.22. The van der Waals surface area contributed by atoms with Gasteiger partial charge in [0.25, 0.3) is 5.91 Å². The van der Waals surface area contributed by atoms with Crippen LogP contribution in [0, 0.1) is 5.82 Å². The van der Waals surface area contributed by atoms with Crippen molar-refractivity contribution in [2.45, 2.75) is 26.2 Å². The Hall–Kier alpha value is -4.25. The van der Waals surface area contributed by atoms with Crippen molar-refractivity contribution in [3.63, 3.8) is 0 Å². The maximum atomic E-state index is 15.5. The zero-order valence-electron chi connectivity index (χ0n) is 22.7. The Morgan fingerprint density at radius 2 is 1.93 bits per heavy atom. The lowest BCUT2D eigenvalue weighted by Gasteiger charge is -2.16. The number of halogens is 1. The SMILES string of the molecule is C=C(C)C(=O)Nc1ccc(-c2c(-c3ccc(N=S4(=O)CCCCC4)c(F)c3)c3c(N)ncnc3n2C)c(OC)c1. The van der Waals surface area contributed by atoms with E-state index in [1.54, 1.807) is 31.2 Å². The van der Waals surface area contributed by atoms with Gasteiger partial charge < -0.3 is 20.4 Å². The molecule has 1 amide bonds. The molecule has 0 spiro atoms. The number of ether oxygens (including phenoxy) is 1. The zero-order valence-corrected chi connectivity index (χ0v) is 23.5. The molecular weight excluding hydrogens is 531 g/mol. The average Bonchev–Trinajstić information content (AvgIpc) is 3.23. The quantitative estimate of drug-likeness (QED) is 0.285. The molecule has 3 N–H and O–H groups in total. The molecule has 9 nitrogen and oxygen atoms in total. The summed E-state index contributed by atoms with van der Waals surface area (Å²) in [6.07, 6.45) is 4.06. The predicted octanol–water partition coefficient (Wildman–Crippen LogP) is 5.83. The van der Waals surface area contributed by atoms with E-state index in [0.29, 0.717) is 61.9 Å². The monoisotopic (exact) mass is 562 g/mol. The van der Waals surface area contributed by atoms with E-state index in [9.17, 15) is 9.00 Å². The minimum Gasteiger partial charge on any atom is -0.496 e. The Morgan fingerprint density at radius 1 is 1.18 bits per heavy atom. The molecular formula is C29H31FN6O3S. The summed E-state index contributed by atoms with van der Waals surface area (Å²) >= 11 is 0. The number of nitrogens with one attached hydrogen (secondary N) is 1. The highest BCUT2D eigenvalue weighted by Crippen LogP contribution is 2.45. The maximum Gasteiger partial charge on any atom is 0.250 e. The van der Waals surface area contributed by atoms with Crippen LogP contribution in [0.25, 0.3) is 33.4 Å². The fraction of sp³-hybridized carbons (Fsp3) is 0.276. The third-order valence-electron chi connectivity index (χ3n) is 7.03. The first-order valence-electron chi connectivity index (χ1n) is 12.9. The van der Waals surface area contributed by atoms with Gasteiger partial charge >= 0.3 is 0 Å². The van der Waals surface area contributed by atoms with Crippen LogP contribution in [0.1, 0.15) is 26.2 Å². The topological polar surface area (TPSA) is 124 Å². The number of nitrogen functional groups attached to an aromatic ring is 1. The van der Waals surface area contributed by atoms with Crippen LogP contribution in [0.2, 0.25) is 0 Å². The molecule has 0 aliphatic carbocycles. The van der Waals surface area contributed by atoms with Crippen molar-refractivity contribution in [1.82, 2.24) is 14.5 Å². The number of hydrogen-bond donors (Lipinski definition) is 2. The van der Waals surface area contributed by atoms with E-state index in [2.05, 4.69) is 26.2 Å². The summed E-state index contributed by atoms with van der Waals surface area (Å²) in [6.45, 7) is 5.30. The van der Waals surface area contributed by atoms with Crippen molar-refractivity contribution < 1.29 is 18.1 Å². The summed E-state index contributed by atoms with van der Waals surface area (Å²) < 4.78 is 40.6. The Balaban J connectivity index is 1.70. The van der Waals surface area contributed by atoms with E-state index in [1.165, 1.54) is 19.5 Å². The summed E-state index contributed by atoms with van der Waals surface area (Å²) in [6, 6.07) is 9.94. The molecule has 1 fully saturated rings. The van der Waals surface area contributed by atoms with Crippen LogP contribution in [0.4, 0.5) is 21.6 Å². The second-order valence-corrected chi connectivity index (χ2v) is 12.4. The number of carbonyl (C=O) groups excluding carboxylic acids is 1. The second kappa shape index (κ2) is 10.7. The first kappa shape index (κ1) is 27.3. The highest BCUT2D eigenvalue weighted by molar-refractivity contribution is 7.93. The van der Waals surface area contributed by atoms with Crippen LogP contribution in [0.3, 0.4) is 0 Å². The number of aromatic nitrogens is 3. The summed E-state index contributed by atoms with van der Waals surface area (Å²) in [7, 11) is 0.891. The maximum absolute atomic E-state index is 15.5. The van der Waals surface area contributed by atoms with Crippen molar-refractivity contribution >= 4 is 43.9 Å². The zero-order chi connectivity index (χ0) is 28.6. The summed E-state index contributed by atoms with van der Waals surface area (Å²) in [5, 5.41) is 3.35. The van der Waals surface area contributed by atoms with E-state index in [-0.39, 0.29) is 17.4 Å². The Bertz CT molecular complexity index is 1780. The highest BCUT2D eigenvalue weighted by atomic mass is 32.2. The lowest BCUT2D eigenvalue weighted by Crippen LogP contribution is -2.15. The molecule has 2 aromatic carbocycles. The number of methoxy groups -OCH3 is 1. The normalized spacial score (nSPS) is 14.6. The summed E-state index contributed by atoms with van der Waals surface area (Å²) in [5.74, 6) is 0.800. The lowest BCUT2D eigenvalue weighted by molar-refractivity contribution is -0.112. The lowest BCUT2D eigenvalue weighted by atomic mass is 9.97. The number of anilines is 2. The number of aryl methyl sites for hydroxylation is 1. The van der Waals surface area contributed by atoms with E-state index >= 15 is 4.39 Å². The Morgan fingerprint density at radius 3 is 2.60 bits per heavy atom. The Kier molecular flexibility index (Phi) is 7.33. The highest BCUT2D eigenvalue weighted by Gasteiger charge is 2.25. The molecule has 11 heteroatoms. The Labute approximate surface area is 232 Å². The molecule has 208 valence electrons.